The van der Waals surface area contributed by atoms with E-state index in [1.165, 1.54) is 9.21 Å². The summed E-state index contributed by atoms with van der Waals surface area (Å²) in [5, 5.41) is 0. The van der Waals surface area contributed by atoms with Crippen LogP contribution >= 0.6 is 43.3 Å². The van der Waals surface area contributed by atoms with Crippen LogP contribution in [0.15, 0.2) is 0 Å². The molecule has 0 bridgehead atoms. The third-order valence-electron chi connectivity index (χ3n) is 0.302. The minimum absolute atomic E-state index is 0.541. The molecule has 0 heterocycles. The van der Waals surface area contributed by atoms with Crippen molar-refractivity contribution in [3.05, 3.63) is 0 Å². The van der Waals surface area contributed by atoms with Crippen LogP contribution in [0.5, 0.6) is 0 Å². The van der Waals surface area contributed by atoms with Crippen LogP contribution in [0.1, 0.15) is 0 Å². The van der Waals surface area contributed by atoms with Gasteiger partial charge in [-0.3, -0.25) is 0 Å². The molecule has 2 nitrogen and oxygen atoms in total. The highest BCUT2D eigenvalue weighted by atomic mass is 127. The Bertz CT molecular complexity index is 32.9. The third kappa shape index (κ3) is 7.35. The fourth-order valence-corrected chi connectivity index (χ4v) is 0.848. The summed E-state index contributed by atoms with van der Waals surface area (Å²) in [4.78, 5) is 0. The summed E-state index contributed by atoms with van der Waals surface area (Å²) >= 11 is 5.54. The normalized spacial score (nSPS) is 9.43. The van der Waals surface area contributed by atoms with E-state index in [0.717, 1.165) is 0 Å². The van der Waals surface area contributed by atoms with E-state index in [1.54, 1.807) is 0 Å². The molecule has 0 aliphatic heterocycles. The molecule has 0 unspecified atom stereocenters. The van der Waals surface area contributed by atoms with Crippen LogP contribution in [-0.2, 0) is 8.37 Å². The number of hydrogen-bond donors (Lipinski definition) is 1. The van der Waals surface area contributed by atoms with Crippen molar-refractivity contribution in [2.45, 2.75) is 0 Å². The summed E-state index contributed by atoms with van der Waals surface area (Å²) in [7, 11) is 1.30. The van der Waals surface area contributed by atoms with E-state index in [4.69, 9.17) is 4.18 Å². The van der Waals surface area contributed by atoms with Gasteiger partial charge in [0.1, 0.15) is 0 Å². The summed E-state index contributed by atoms with van der Waals surface area (Å²) in [6.45, 7) is 1.14. The summed E-state index contributed by atoms with van der Waals surface area (Å²) in [6, 6.07) is 0. The molecular formula is C2H5IO2S2. The Morgan fingerprint density at radius 2 is 2.29 bits per heavy atom. The molecule has 0 amide bonds. The lowest BCUT2D eigenvalue weighted by Crippen LogP contribution is -1.91. The van der Waals surface area contributed by atoms with Crippen LogP contribution in [0.2, 0.25) is 0 Å². The van der Waals surface area contributed by atoms with Crippen molar-refractivity contribution >= 4 is 43.3 Å². The van der Waals surface area contributed by atoms with E-state index in [1.807, 2.05) is 21.2 Å². The van der Waals surface area contributed by atoms with Crippen LogP contribution in [0, 0.1) is 0 Å². The van der Waals surface area contributed by atoms with E-state index in [0.29, 0.717) is 13.2 Å². The Labute approximate surface area is 64.7 Å². The smallest absolute Gasteiger partial charge is 0.0870 e. The fraction of sp³-hybridized carbons (Fsp3) is 1.00. The summed E-state index contributed by atoms with van der Waals surface area (Å²) in [5.74, 6) is 0. The highest BCUT2D eigenvalue weighted by Crippen LogP contribution is 2.10. The Kier molecular flexibility index (Phi) is 8.77. The third-order valence-corrected chi connectivity index (χ3v) is 1.50. The van der Waals surface area contributed by atoms with Gasteiger partial charge in [0.15, 0.2) is 0 Å². The first kappa shape index (κ1) is 8.35. The molecule has 0 saturated heterocycles. The number of thiol groups is 1. The van der Waals surface area contributed by atoms with Crippen LogP contribution in [0.25, 0.3) is 0 Å². The molecular weight excluding hydrogens is 247 g/mol. The van der Waals surface area contributed by atoms with Gasteiger partial charge in [-0.1, -0.05) is 0 Å². The Hall–Kier alpha value is 1.35. The number of hydrogen-bond acceptors (Lipinski definition) is 4. The zero-order valence-electron chi connectivity index (χ0n) is 3.46. The topological polar surface area (TPSA) is 18.5 Å². The highest BCUT2D eigenvalue weighted by molar-refractivity contribution is 14.2. The average Bonchev–Trinajstić information content (AvgIpc) is 1.69. The fourth-order valence-electron chi connectivity index (χ4n) is 0.103. The lowest BCUT2D eigenvalue weighted by atomic mass is 10.8. The van der Waals surface area contributed by atoms with Gasteiger partial charge in [-0.05, 0) is 12.9 Å². The van der Waals surface area contributed by atoms with Gasteiger partial charge in [-0.25, -0.2) is 0 Å². The van der Waals surface area contributed by atoms with Crippen molar-refractivity contribution in [1.82, 2.24) is 0 Å². The van der Waals surface area contributed by atoms with Crippen molar-refractivity contribution in [3.8, 4) is 0 Å². The molecule has 0 radical (unpaired) electrons. The molecule has 0 atom stereocenters. The predicted octanol–water partition coefficient (Wildman–Crippen LogP) is 1.86. The summed E-state index contributed by atoms with van der Waals surface area (Å²) < 4.78 is 9.20. The van der Waals surface area contributed by atoms with Gasteiger partial charge in [0, 0.05) is 21.2 Å². The predicted molar refractivity (Wildman–Crippen MR) is 42.5 cm³/mol. The second-order valence-electron chi connectivity index (χ2n) is 0.718. The molecule has 5 heteroatoms. The van der Waals surface area contributed by atoms with Crippen molar-refractivity contribution in [2.75, 3.05) is 13.2 Å². The van der Waals surface area contributed by atoms with Crippen LogP contribution in [0.4, 0.5) is 0 Å². The maximum Gasteiger partial charge on any atom is 0.0870 e. The summed E-state index contributed by atoms with van der Waals surface area (Å²) in [5.41, 5.74) is 0. The van der Waals surface area contributed by atoms with E-state index in [-0.39, 0.29) is 0 Å². The van der Waals surface area contributed by atoms with Crippen LogP contribution in [0.3, 0.4) is 0 Å². The minimum atomic E-state index is 0.541. The van der Waals surface area contributed by atoms with E-state index in [2.05, 4.69) is 17.1 Å². The molecule has 0 saturated carbocycles. The zero-order chi connectivity index (χ0) is 5.54. The molecule has 0 fully saturated rings. The lowest BCUT2D eigenvalue weighted by molar-refractivity contribution is 0.273. The molecule has 0 spiro atoms. The first-order chi connectivity index (χ1) is 3.41. The van der Waals surface area contributed by atoms with Crippen molar-refractivity contribution in [1.29, 1.82) is 0 Å². The standard InChI is InChI=1S/C2H5IO2S2/c3-7-5-2-1-4-6/h6H,1-2H2. The molecule has 7 heavy (non-hydrogen) atoms. The van der Waals surface area contributed by atoms with Crippen molar-refractivity contribution in [3.63, 3.8) is 0 Å². The molecule has 0 aliphatic rings. The lowest BCUT2D eigenvalue weighted by Gasteiger charge is -1.92. The van der Waals surface area contributed by atoms with Crippen LogP contribution < -0.4 is 0 Å². The van der Waals surface area contributed by atoms with Gasteiger partial charge in [0.25, 0.3) is 0 Å². The number of halogens is 1. The Balaban J connectivity index is 2.45. The largest absolute Gasteiger partial charge is 0.316 e. The quantitative estimate of drug-likeness (QED) is 0.356. The first-order valence-corrected chi connectivity index (χ1v) is 5.23. The SMILES string of the molecule is SOCCOSI. The monoisotopic (exact) mass is 252 g/mol. The maximum atomic E-state index is 4.80. The van der Waals surface area contributed by atoms with Gasteiger partial charge in [0.2, 0.25) is 0 Å². The second-order valence-corrected chi connectivity index (χ2v) is 2.42. The molecule has 0 aromatic heterocycles. The van der Waals surface area contributed by atoms with E-state index < -0.39 is 0 Å². The Morgan fingerprint density at radius 3 is 2.71 bits per heavy atom. The van der Waals surface area contributed by atoms with Gasteiger partial charge in [0.05, 0.1) is 22.4 Å². The van der Waals surface area contributed by atoms with Crippen molar-refractivity contribution in [2.24, 2.45) is 0 Å². The first-order valence-electron chi connectivity index (χ1n) is 1.58. The van der Waals surface area contributed by atoms with Gasteiger partial charge >= 0.3 is 0 Å². The van der Waals surface area contributed by atoms with E-state index in [9.17, 15) is 0 Å². The highest BCUT2D eigenvalue weighted by Gasteiger charge is 1.81. The van der Waals surface area contributed by atoms with Crippen molar-refractivity contribution < 1.29 is 8.37 Å². The van der Waals surface area contributed by atoms with Gasteiger partial charge in [-0.15, -0.1) is 0 Å². The van der Waals surface area contributed by atoms with Gasteiger partial charge < -0.3 is 8.37 Å². The molecule has 0 aromatic rings. The molecule has 0 rings (SSSR count). The number of rotatable bonds is 4. The maximum absolute atomic E-state index is 4.80. The van der Waals surface area contributed by atoms with Gasteiger partial charge in [-0.2, -0.15) is 0 Å². The molecule has 44 valence electrons. The Morgan fingerprint density at radius 1 is 1.57 bits per heavy atom. The molecule has 0 N–H and O–H groups in total. The van der Waals surface area contributed by atoms with E-state index >= 15 is 0 Å². The average molecular weight is 252 g/mol. The minimum Gasteiger partial charge on any atom is -0.316 e. The summed E-state index contributed by atoms with van der Waals surface area (Å²) in [6.07, 6.45) is 0. The zero-order valence-corrected chi connectivity index (χ0v) is 7.33. The second kappa shape index (κ2) is 7.35. The molecule has 0 aromatic carbocycles. The van der Waals surface area contributed by atoms with Crippen LogP contribution in [-0.4, -0.2) is 13.2 Å². The molecule has 0 aliphatic carbocycles.